The molecule has 25 heavy (non-hydrogen) atoms. The molecule has 1 amide bonds. The first-order valence-electron chi connectivity index (χ1n) is 8.14. The van der Waals surface area contributed by atoms with E-state index >= 15 is 0 Å². The van der Waals surface area contributed by atoms with E-state index in [1.807, 2.05) is 31.2 Å². The van der Waals surface area contributed by atoms with E-state index < -0.39 is 11.4 Å². The average Bonchev–Trinajstić information content (AvgIpc) is 3.23. The molecule has 132 valence electrons. The fourth-order valence-electron chi connectivity index (χ4n) is 2.84. The summed E-state index contributed by atoms with van der Waals surface area (Å²) in [5, 5.41) is 11.8. The Morgan fingerprint density at radius 3 is 2.68 bits per heavy atom. The molecule has 1 saturated heterocycles. The molecule has 1 aromatic heterocycles. The van der Waals surface area contributed by atoms with Crippen LogP contribution in [0.2, 0.25) is 0 Å². The van der Waals surface area contributed by atoms with Gasteiger partial charge in [-0.2, -0.15) is 0 Å². The Morgan fingerprint density at radius 1 is 1.36 bits per heavy atom. The number of aromatic nitrogens is 1. The summed E-state index contributed by atoms with van der Waals surface area (Å²) in [7, 11) is 0. The minimum atomic E-state index is -0.871. The first kappa shape index (κ1) is 17.4. The fraction of sp³-hybridized carbons (Fsp3) is 0.389. The Hall–Kier alpha value is -2.41. The normalized spacial score (nSPS) is 19.8. The van der Waals surface area contributed by atoms with Crippen LogP contribution in [0.25, 0.3) is 10.6 Å². The predicted octanol–water partition coefficient (Wildman–Crippen LogP) is 3.15. The summed E-state index contributed by atoms with van der Waals surface area (Å²) in [5.74, 6) is -0.279. The van der Waals surface area contributed by atoms with E-state index in [2.05, 4.69) is 4.98 Å². The van der Waals surface area contributed by atoms with Crippen molar-refractivity contribution in [3.05, 3.63) is 35.3 Å². The predicted molar refractivity (Wildman–Crippen MR) is 95.0 cm³/mol. The molecule has 1 fully saturated rings. The summed E-state index contributed by atoms with van der Waals surface area (Å²) in [6.45, 7) is 4.88. The van der Waals surface area contributed by atoms with Gasteiger partial charge in [-0.1, -0.05) is 0 Å². The first-order chi connectivity index (χ1) is 11.9. The highest BCUT2D eigenvalue weighted by Crippen LogP contribution is 2.32. The van der Waals surface area contributed by atoms with E-state index in [4.69, 9.17) is 4.74 Å². The van der Waals surface area contributed by atoms with E-state index in [0.29, 0.717) is 25.3 Å². The van der Waals surface area contributed by atoms with E-state index in [1.54, 1.807) is 17.2 Å². The summed E-state index contributed by atoms with van der Waals surface area (Å²) >= 11 is 1.40. The third-order valence-electron chi connectivity index (χ3n) is 4.41. The van der Waals surface area contributed by atoms with Gasteiger partial charge in [0.05, 0.1) is 12.0 Å². The minimum absolute atomic E-state index is 0.210. The number of carboxylic acid groups (broad SMARTS) is 1. The highest BCUT2D eigenvalue weighted by atomic mass is 32.1. The maximum atomic E-state index is 12.6. The van der Waals surface area contributed by atoms with Crippen molar-refractivity contribution in [3.8, 4) is 16.3 Å². The van der Waals surface area contributed by atoms with Gasteiger partial charge in [0, 0.05) is 24.0 Å². The number of aliphatic carboxylic acids is 1. The first-order valence-corrected chi connectivity index (χ1v) is 9.02. The summed E-state index contributed by atoms with van der Waals surface area (Å²) in [6, 6.07) is 7.58. The van der Waals surface area contributed by atoms with Crippen LogP contribution in [-0.4, -0.2) is 46.6 Å². The smallest absolute Gasteiger partial charge is 0.311 e. The molecule has 1 aromatic carbocycles. The van der Waals surface area contributed by atoms with Gasteiger partial charge in [-0.05, 0) is 44.5 Å². The quantitative estimate of drug-likeness (QED) is 0.886. The summed E-state index contributed by atoms with van der Waals surface area (Å²) in [4.78, 5) is 29.9. The zero-order valence-electron chi connectivity index (χ0n) is 14.2. The molecule has 0 saturated carbocycles. The molecular weight excluding hydrogens is 340 g/mol. The number of carboxylic acids is 1. The number of nitrogens with zero attached hydrogens (tertiary/aromatic N) is 2. The number of amides is 1. The molecule has 0 radical (unpaired) electrons. The van der Waals surface area contributed by atoms with Gasteiger partial charge in [0.2, 0.25) is 0 Å². The number of thiazole rings is 1. The van der Waals surface area contributed by atoms with Crippen LogP contribution < -0.4 is 4.74 Å². The SMILES string of the molecule is CCOc1ccc(-c2nc(C(=O)N3CCC(C)(C(=O)O)C3)cs2)cc1. The molecule has 2 aromatic rings. The Morgan fingerprint density at radius 2 is 2.08 bits per heavy atom. The van der Waals surface area contributed by atoms with Crippen LogP contribution in [0.15, 0.2) is 29.6 Å². The second-order valence-corrected chi connectivity index (χ2v) is 7.20. The van der Waals surface area contributed by atoms with Crippen LogP contribution in [0.5, 0.6) is 5.75 Å². The van der Waals surface area contributed by atoms with Gasteiger partial charge in [0.25, 0.3) is 5.91 Å². The highest BCUT2D eigenvalue weighted by Gasteiger charge is 2.42. The number of carbonyl (C=O) groups is 2. The van der Waals surface area contributed by atoms with Gasteiger partial charge in [-0.3, -0.25) is 9.59 Å². The lowest BCUT2D eigenvalue weighted by molar-refractivity contribution is -0.147. The summed E-state index contributed by atoms with van der Waals surface area (Å²) < 4.78 is 5.42. The Kier molecular flexibility index (Phi) is 4.76. The van der Waals surface area contributed by atoms with Gasteiger partial charge >= 0.3 is 5.97 Å². The molecule has 1 atom stereocenters. The summed E-state index contributed by atoms with van der Waals surface area (Å²) in [5.41, 5.74) is 0.414. The van der Waals surface area contributed by atoms with Crippen LogP contribution in [0.3, 0.4) is 0 Å². The lowest BCUT2D eigenvalue weighted by Gasteiger charge is -2.19. The van der Waals surface area contributed by atoms with Gasteiger partial charge in [-0.25, -0.2) is 4.98 Å². The molecule has 7 heteroatoms. The summed E-state index contributed by atoms with van der Waals surface area (Å²) in [6.07, 6.45) is 0.462. The van der Waals surface area contributed by atoms with Gasteiger partial charge in [-0.15, -0.1) is 11.3 Å². The number of ether oxygens (including phenoxy) is 1. The number of carbonyl (C=O) groups excluding carboxylic acids is 1. The Bertz CT molecular complexity index is 787. The second-order valence-electron chi connectivity index (χ2n) is 6.34. The Balaban J connectivity index is 1.73. The van der Waals surface area contributed by atoms with Crippen molar-refractivity contribution >= 4 is 23.2 Å². The van der Waals surface area contributed by atoms with Crippen molar-refractivity contribution in [1.82, 2.24) is 9.88 Å². The molecule has 1 unspecified atom stereocenters. The van der Waals surface area contributed by atoms with E-state index in [9.17, 15) is 14.7 Å². The lowest BCUT2D eigenvalue weighted by Crippen LogP contribution is -2.35. The van der Waals surface area contributed by atoms with Crippen molar-refractivity contribution in [1.29, 1.82) is 0 Å². The van der Waals surface area contributed by atoms with Crippen LogP contribution in [-0.2, 0) is 4.79 Å². The van der Waals surface area contributed by atoms with E-state index in [0.717, 1.165) is 16.3 Å². The van der Waals surface area contributed by atoms with Gasteiger partial charge in [0.1, 0.15) is 16.5 Å². The van der Waals surface area contributed by atoms with Crippen LogP contribution in [0, 0.1) is 5.41 Å². The van der Waals surface area contributed by atoms with Gasteiger partial charge < -0.3 is 14.7 Å². The second kappa shape index (κ2) is 6.84. The molecule has 0 bridgehead atoms. The lowest BCUT2D eigenvalue weighted by atomic mass is 9.90. The number of rotatable bonds is 5. The van der Waals surface area contributed by atoms with Crippen molar-refractivity contribution in [2.75, 3.05) is 19.7 Å². The highest BCUT2D eigenvalue weighted by molar-refractivity contribution is 7.13. The maximum Gasteiger partial charge on any atom is 0.311 e. The van der Waals surface area contributed by atoms with Crippen LogP contribution in [0.4, 0.5) is 0 Å². The Labute approximate surface area is 150 Å². The van der Waals surface area contributed by atoms with E-state index in [1.165, 1.54) is 11.3 Å². The average molecular weight is 360 g/mol. The van der Waals surface area contributed by atoms with Gasteiger partial charge in [0.15, 0.2) is 0 Å². The van der Waals surface area contributed by atoms with Crippen molar-refractivity contribution in [2.45, 2.75) is 20.3 Å². The third-order valence-corrected chi connectivity index (χ3v) is 5.30. The number of benzene rings is 1. The molecule has 0 aliphatic carbocycles. The minimum Gasteiger partial charge on any atom is -0.494 e. The number of hydrogen-bond donors (Lipinski definition) is 1. The molecule has 1 aliphatic rings. The largest absolute Gasteiger partial charge is 0.494 e. The standard InChI is InChI=1S/C18H20N2O4S/c1-3-24-13-6-4-12(5-7-13)15-19-14(10-25-15)16(21)20-9-8-18(2,11-20)17(22)23/h4-7,10H,3,8-9,11H2,1-2H3,(H,22,23). The van der Waals surface area contributed by atoms with Crippen LogP contribution in [0.1, 0.15) is 30.8 Å². The zero-order valence-corrected chi connectivity index (χ0v) is 15.0. The fourth-order valence-corrected chi connectivity index (χ4v) is 3.64. The number of hydrogen-bond acceptors (Lipinski definition) is 5. The topological polar surface area (TPSA) is 79.7 Å². The zero-order chi connectivity index (χ0) is 18.0. The number of likely N-dealkylation sites (tertiary alicyclic amines) is 1. The molecular formula is C18H20N2O4S. The molecule has 3 rings (SSSR count). The van der Waals surface area contributed by atoms with Crippen molar-refractivity contribution in [2.24, 2.45) is 5.41 Å². The monoisotopic (exact) mass is 360 g/mol. The molecule has 1 N–H and O–H groups in total. The van der Waals surface area contributed by atoms with Crippen molar-refractivity contribution < 1.29 is 19.4 Å². The molecule has 2 heterocycles. The van der Waals surface area contributed by atoms with E-state index in [-0.39, 0.29) is 12.5 Å². The molecule has 6 nitrogen and oxygen atoms in total. The van der Waals surface area contributed by atoms with Crippen LogP contribution >= 0.6 is 11.3 Å². The molecule has 0 spiro atoms. The third kappa shape index (κ3) is 3.51. The molecule has 1 aliphatic heterocycles. The maximum absolute atomic E-state index is 12.6. The van der Waals surface area contributed by atoms with Crippen molar-refractivity contribution in [3.63, 3.8) is 0 Å².